The molecule has 0 aromatic heterocycles. The fourth-order valence-corrected chi connectivity index (χ4v) is 2.83. The number of hydrogen-bond acceptors (Lipinski definition) is 3. The van der Waals surface area contributed by atoms with Crippen LogP contribution >= 0.6 is 0 Å². The van der Waals surface area contributed by atoms with Gasteiger partial charge < -0.3 is 15.1 Å². The Balaban J connectivity index is 1.78. The number of carbonyl (C=O) groups excluding carboxylic acids is 1. The summed E-state index contributed by atoms with van der Waals surface area (Å²) in [7, 11) is 4.11. The number of likely N-dealkylation sites (tertiary alicyclic amines) is 1. The van der Waals surface area contributed by atoms with Gasteiger partial charge in [0.1, 0.15) is 0 Å². The molecule has 2 saturated heterocycles. The first-order valence-corrected chi connectivity index (χ1v) is 6.31. The first kappa shape index (κ1) is 11.9. The smallest absolute Gasteiger partial charge is 0.226 e. The highest BCUT2D eigenvalue weighted by Crippen LogP contribution is 2.17. The van der Waals surface area contributed by atoms with E-state index < -0.39 is 0 Å². The Morgan fingerprint density at radius 1 is 1.50 bits per heavy atom. The number of hydrogen-bond donors (Lipinski definition) is 1. The Labute approximate surface area is 98.0 Å². The Kier molecular flexibility index (Phi) is 3.82. The van der Waals surface area contributed by atoms with E-state index in [-0.39, 0.29) is 5.92 Å². The van der Waals surface area contributed by atoms with Crippen LogP contribution in [0.15, 0.2) is 0 Å². The Morgan fingerprint density at radius 3 is 2.88 bits per heavy atom. The highest BCUT2D eigenvalue weighted by molar-refractivity contribution is 5.79. The van der Waals surface area contributed by atoms with Gasteiger partial charge in [-0.15, -0.1) is 0 Å². The predicted molar refractivity (Wildman–Crippen MR) is 64.2 cm³/mol. The molecule has 0 saturated carbocycles. The summed E-state index contributed by atoms with van der Waals surface area (Å²) >= 11 is 0. The second-order valence-electron chi connectivity index (χ2n) is 5.33. The molecule has 0 aromatic carbocycles. The molecule has 2 aliphatic heterocycles. The molecule has 16 heavy (non-hydrogen) atoms. The van der Waals surface area contributed by atoms with E-state index in [2.05, 4.69) is 17.3 Å². The molecule has 2 aliphatic rings. The van der Waals surface area contributed by atoms with Crippen molar-refractivity contribution >= 4 is 5.91 Å². The normalized spacial score (nSPS) is 30.9. The van der Waals surface area contributed by atoms with E-state index in [9.17, 15) is 4.79 Å². The van der Waals surface area contributed by atoms with Gasteiger partial charge in [0.25, 0.3) is 0 Å². The molecule has 92 valence electrons. The van der Waals surface area contributed by atoms with Gasteiger partial charge in [-0.2, -0.15) is 0 Å². The molecule has 0 bridgehead atoms. The van der Waals surface area contributed by atoms with Crippen LogP contribution in [0.5, 0.6) is 0 Å². The predicted octanol–water partition coefficient (Wildman–Crippen LogP) is 0.00600. The summed E-state index contributed by atoms with van der Waals surface area (Å²) in [5.74, 6) is 1.23. The average molecular weight is 225 g/mol. The number of rotatable bonds is 3. The summed E-state index contributed by atoms with van der Waals surface area (Å²) in [6, 6.07) is 0. The molecule has 2 fully saturated rings. The minimum atomic E-state index is 0.226. The van der Waals surface area contributed by atoms with Crippen molar-refractivity contribution in [3.8, 4) is 0 Å². The first-order valence-electron chi connectivity index (χ1n) is 6.31. The Hall–Kier alpha value is -0.610. The molecule has 4 nitrogen and oxygen atoms in total. The van der Waals surface area contributed by atoms with E-state index in [0.29, 0.717) is 11.8 Å². The maximum atomic E-state index is 12.1. The maximum Gasteiger partial charge on any atom is 0.226 e. The van der Waals surface area contributed by atoms with Gasteiger partial charge in [-0.1, -0.05) is 0 Å². The lowest BCUT2D eigenvalue weighted by Crippen LogP contribution is -2.37. The molecule has 1 amide bonds. The topological polar surface area (TPSA) is 35.6 Å². The van der Waals surface area contributed by atoms with Gasteiger partial charge in [0.2, 0.25) is 5.91 Å². The summed E-state index contributed by atoms with van der Waals surface area (Å²) < 4.78 is 0. The number of nitrogens with one attached hydrogen (secondary N) is 1. The van der Waals surface area contributed by atoms with E-state index in [1.54, 1.807) is 0 Å². The molecule has 0 spiro atoms. The minimum absolute atomic E-state index is 0.226. The van der Waals surface area contributed by atoms with Gasteiger partial charge in [0.05, 0.1) is 5.92 Å². The van der Waals surface area contributed by atoms with E-state index in [0.717, 1.165) is 32.6 Å². The highest BCUT2D eigenvalue weighted by Gasteiger charge is 2.28. The summed E-state index contributed by atoms with van der Waals surface area (Å²) in [5, 5.41) is 3.25. The van der Waals surface area contributed by atoms with Crippen LogP contribution in [0.4, 0.5) is 0 Å². The van der Waals surface area contributed by atoms with Gasteiger partial charge in [-0.25, -0.2) is 0 Å². The summed E-state index contributed by atoms with van der Waals surface area (Å²) in [6.45, 7) is 5.11. The molecule has 0 aliphatic carbocycles. The van der Waals surface area contributed by atoms with Gasteiger partial charge in [-0.3, -0.25) is 4.79 Å². The molecule has 2 heterocycles. The minimum Gasteiger partial charge on any atom is -0.345 e. The van der Waals surface area contributed by atoms with Gasteiger partial charge in [0.15, 0.2) is 0 Å². The van der Waals surface area contributed by atoms with Crippen LogP contribution in [0.1, 0.15) is 12.8 Å². The van der Waals surface area contributed by atoms with Crippen LogP contribution < -0.4 is 5.32 Å². The van der Waals surface area contributed by atoms with Crippen molar-refractivity contribution in [2.75, 3.05) is 46.8 Å². The zero-order valence-electron chi connectivity index (χ0n) is 10.4. The Morgan fingerprint density at radius 2 is 2.31 bits per heavy atom. The SMILES string of the molecule is CN1CCC(CN(C)C(=O)C2CCNC2)C1. The van der Waals surface area contributed by atoms with Crippen LogP contribution in [-0.4, -0.2) is 62.5 Å². The molecular weight excluding hydrogens is 202 g/mol. The fraction of sp³-hybridized carbons (Fsp3) is 0.917. The van der Waals surface area contributed by atoms with Crippen LogP contribution in [-0.2, 0) is 4.79 Å². The Bertz CT molecular complexity index is 251. The third kappa shape index (κ3) is 2.74. The highest BCUT2D eigenvalue weighted by atomic mass is 16.2. The summed E-state index contributed by atoms with van der Waals surface area (Å²) in [5.41, 5.74) is 0. The van der Waals surface area contributed by atoms with Crippen molar-refractivity contribution in [1.29, 1.82) is 0 Å². The number of amides is 1. The zero-order valence-corrected chi connectivity index (χ0v) is 10.4. The number of nitrogens with zero attached hydrogens (tertiary/aromatic N) is 2. The molecule has 4 heteroatoms. The van der Waals surface area contributed by atoms with Crippen molar-refractivity contribution in [2.24, 2.45) is 11.8 Å². The van der Waals surface area contributed by atoms with Crippen molar-refractivity contribution in [3.63, 3.8) is 0 Å². The van der Waals surface area contributed by atoms with Crippen molar-refractivity contribution in [1.82, 2.24) is 15.1 Å². The van der Waals surface area contributed by atoms with Crippen molar-refractivity contribution < 1.29 is 4.79 Å². The van der Waals surface area contributed by atoms with Gasteiger partial charge in [0, 0.05) is 26.7 Å². The molecule has 2 rings (SSSR count). The molecule has 1 N–H and O–H groups in total. The van der Waals surface area contributed by atoms with Crippen molar-refractivity contribution in [3.05, 3.63) is 0 Å². The first-order chi connectivity index (χ1) is 7.66. The maximum absolute atomic E-state index is 12.1. The lowest BCUT2D eigenvalue weighted by atomic mass is 10.1. The quantitative estimate of drug-likeness (QED) is 0.735. The zero-order chi connectivity index (χ0) is 11.5. The largest absolute Gasteiger partial charge is 0.345 e. The summed E-state index contributed by atoms with van der Waals surface area (Å²) in [6.07, 6.45) is 2.24. The number of carbonyl (C=O) groups is 1. The third-order valence-corrected chi connectivity index (χ3v) is 3.81. The molecule has 0 radical (unpaired) electrons. The van der Waals surface area contributed by atoms with E-state index in [4.69, 9.17) is 0 Å². The third-order valence-electron chi connectivity index (χ3n) is 3.81. The van der Waals surface area contributed by atoms with E-state index >= 15 is 0 Å². The summed E-state index contributed by atoms with van der Waals surface area (Å²) in [4.78, 5) is 16.4. The molecule has 2 atom stereocenters. The van der Waals surface area contributed by atoms with Crippen LogP contribution in [0.25, 0.3) is 0 Å². The van der Waals surface area contributed by atoms with Crippen LogP contribution in [0.3, 0.4) is 0 Å². The van der Waals surface area contributed by atoms with Crippen molar-refractivity contribution in [2.45, 2.75) is 12.8 Å². The van der Waals surface area contributed by atoms with Gasteiger partial charge in [-0.05, 0) is 38.9 Å². The second-order valence-corrected chi connectivity index (χ2v) is 5.33. The van der Waals surface area contributed by atoms with Gasteiger partial charge >= 0.3 is 0 Å². The molecular formula is C12H23N3O. The standard InChI is InChI=1S/C12H23N3O/c1-14-6-4-10(8-14)9-15(2)12(16)11-3-5-13-7-11/h10-11,13H,3-9H2,1-2H3. The van der Waals surface area contributed by atoms with Crippen LogP contribution in [0.2, 0.25) is 0 Å². The molecule has 2 unspecified atom stereocenters. The fourth-order valence-electron chi connectivity index (χ4n) is 2.83. The lowest BCUT2D eigenvalue weighted by Gasteiger charge is -2.23. The lowest BCUT2D eigenvalue weighted by molar-refractivity contribution is -0.134. The van der Waals surface area contributed by atoms with E-state index in [1.165, 1.54) is 13.0 Å². The second kappa shape index (κ2) is 5.15. The monoisotopic (exact) mass is 225 g/mol. The van der Waals surface area contributed by atoms with Crippen LogP contribution in [0, 0.1) is 11.8 Å². The average Bonchev–Trinajstić information content (AvgIpc) is 2.88. The molecule has 0 aromatic rings. The van der Waals surface area contributed by atoms with E-state index in [1.807, 2.05) is 11.9 Å².